The average Bonchev–Trinajstić information content (AvgIpc) is 2.26. The van der Waals surface area contributed by atoms with E-state index in [4.69, 9.17) is 31.6 Å². The van der Waals surface area contributed by atoms with Crippen LogP contribution < -0.4 is 0 Å². The molecule has 0 aromatic carbocycles. The van der Waals surface area contributed by atoms with Crippen LogP contribution >= 0.6 is 0 Å². The summed E-state index contributed by atoms with van der Waals surface area (Å²) in [5, 5.41) is 51.5. The molecule has 0 aromatic rings. The minimum atomic E-state index is -6.17. The van der Waals surface area contributed by atoms with Crippen LogP contribution in [0, 0.1) is 61.4 Å². The molecule has 0 rings (SSSR count). The Kier molecular flexibility index (Phi) is 5.54. The molecule has 6 nitrogen and oxygen atoms in total. The largest absolute Gasteiger partial charge is 2.00 e. The number of nitriles is 6. The van der Waals surface area contributed by atoms with Gasteiger partial charge in [-0.05, 0) is 0 Å². The van der Waals surface area contributed by atoms with Gasteiger partial charge in [0.1, 0.15) is 0 Å². The van der Waals surface area contributed by atoms with Crippen molar-refractivity contribution in [2.45, 2.75) is 0 Å². The Bertz CT molecular complexity index is 395. The Morgan fingerprint density at radius 2 is 0.667 bits per heavy atom. The Labute approximate surface area is 106 Å². The fourth-order valence-electron chi connectivity index (χ4n) is 0.265. The van der Waals surface area contributed by atoms with E-state index in [1.54, 1.807) is 0 Å². The van der Waals surface area contributed by atoms with Gasteiger partial charge in [-0.1, -0.05) is 0 Å². The molecule has 0 aliphatic carbocycles. The van der Waals surface area contributed by atoms with E-state index in [0.29, 0.717) is 0 Å². The first-order valence-electron chi connectivity index (χ1n) is 2.40. The molecule has 81 valence electrons. The zero-order valence-corrected chi connectivity index (χ0v) is 9.84. The molecule has 0 heterocycles. The number of hydrogen-bond donors (Lipinski definition) is 0. The van der Waals surface area contributed by atoms with Crippen LogP contribution in [0.2, 0.25) is 0 Å². The summed E-state index contributed by atoms with van der Waals surface area (Å²) in [7, 11) is -6.17. The molecule has 15 heavy (non-hydrogen) atoms. The summed E-state index contributed by atoms with van der Waals surface area (Å²) in [6.07, 6.45) is 0. The van der Waals surface area contributed by atoms with Gasteiger partial charge in [0, 0.05) is 0 Å². The molecule has 0 saturated heterocycles. The summed E-state index contributed by atoms with van der Waals surface area (Å²) in [5.74, 6) is 0. The molecule has 0 spiro atoms. The first-order chi connectivity index (χ1) is 5.97. The van der Waals surface area contributed by atoms with Gasteiger partial charge in [-0.15, -0.1) is 0 Å². The zero-order valence-electron chi connectivity index (χ0n) is 6.69. The van der Waals surface area contributed by atoms with E-state index in [2.05, 4.69) is 0 Å². The maximum Gasteiger partial charge on any atom is 2.00 e. The second kappa shape index (κ2) is 4.35. The molecule has 0 N–H and O–H groups in total. The van der Waals surface area contributed by atoms with Gasteiger partial charge < -0.3 is 0 Å². The fourth-order valence-corrected chi connectivity index (χ4v) is 1.09. The number of hydrogen-bond acceptors (Lipinski definition) is 6. The van der Waals surface area contributed by atoms with E-state index in [1.165, 1.54) is 0 Å². The summed E-state index contributed by atoms with van der Waals surface area (Å²) in [5.41, 5.74) is 0. The number of nitrogens with zero attached hydrogens (tertiary/aromatic N) is 6. The molecular formula is C6CuFe2N6. The van der Waals surface area contributed by atoms with Gasteiger partial charge in [0.25, 0.3) is 0 Å². The van der Waals surface area contributed by atoms with Gasteiger partial charge in [0.15, 0.2) is 0 Å². The van der Waals surface area contributed by atoms with Crippen molar-refractivity contribution < 1.29 is 44.9 Å². The smallest absolute Gasteiger partial charge is 2.00 e. The van der Waals surface area contributed by atoms with Crippen LogP contribution in [0.5, 0.6) is 0 Å². The van der Waals surface area contributed by atoms with Crippen molar-refractivity contribution >= 4 is 0 Å². The van der Waals surface area contributed by atoms with Crippen molar-refractivity contribution in [3.63, 3.8) is 0 Å². The topological polar surface area (TPSA) is 143 Å². The van der Waals surface area contributed by atoms with Crippen LogP contribution in [0.4, 0.5) is 0 Å². The third-order valence-electron chi connectivity index (χ3n) is 1.19. The van der Waals surface area contributed by atoms with Gasteiger partial charge in [0.2, 0.25) is 0 Å². The molecule has 0 bridgehead atoms. The van der Waals surface area contributed by atoms with E-state index in [-0.39, 0.29) is 34.1 Å². The average molecular weight is 331 g/mol. The molecule has 0 amide bonds. The normalized spacial score (nSPS) is 11.6. The van der Waals surface area contributed by atoms with E-state index in [1.807, 2.05) is 0 Å². The van der Waals surface area contributed by atoms with E-state index < -0.39 is 10.7 Å². The van der Waals surface area contributed by atoms with Crippen LogP contribution in [0.1, 0.15) is 0 Å². The van der Waals surface area contributed by atoms with Crippen LogP contribution in [0.15, 0.2) is 0 Å². The van der Waals surface area contributed by atoms with Crippen molar-refractivity contribution in [1.29, 1.82) is 31.6 Å². The standard InChI is InChI=1S/6CN.Cu.2Fe/c6*1-2;;;/q;;;;;;+2;-4;+2. The van der Waals surface area contributed by atoms with Crippen molar-refractivity contribution in [3.8, 4) is 29.8 Å². The molecule has 0 aromatic heterocycles. The molecule has 0 atom stereocenters. The van der Waals surface area contributed by atoms with E-state index in [0.717, 1.165) is 29.8 Å². The first-order valence-corrected chi connectivity index (χ1v) is 5.71. The van der Waals surface area contributed by atoms with Crippen LogP contribution in [-0.4, -0.2) is 0 Å². The van der Waals surface area contributed by atoms with Gasteiger partial charge in [-0.25, -0.2) is 0 Å². The maximum absolute atomic E-state index is 8.58. The molecule has 0 aliphatic rings. The molecule has 0 fully saturated rings. The fraction of sp³-hybridized carbons (Fsp3) is 0. The van der Waals surface area contributed by atoms with Gasteiger partial charge in [-0.2, -0.15) is 0 Å². The minimum absolute atomic E-state index is 0. The van der Waals surface area contributed by atoms with Crippen molar-refractivity contribution in [3.05, 3.63) is 0 Å². The third kappa shape index (κ3) is 1.70. The quantitative estimate of drug-likeness (QED) is 0.576. The molecule has 9 heteroatoms. The second-order valence-electron chi connectivity index (χ2n) is 1.80. The second-order valence-corrected chi connectivity index (χ2v) is 7.42. The van der Waals surface area contributed by atoms with Crippen molar-refractivity contribution in [1.82, 2.24) is 0 Å². The summed E-state index contributed by atoms with van der Waals surface area (Å²) in [6, 6.07) is 0. The molecule has 0 saturated carbocycles. The van der Waals surface area contributed by atoms with Gasteiger partial charge in [-0.3, -0.25) is 0 Å². The maximum atomic E-state index is 8.58. The molecule has 0 unspecified atom stereocenters. The first kappa shape index (κ1) is 19.1. The Morgan fingerprint density at radius 1 is 0.533 bits per heavy atom. The summed E-state index contributed by atoms with van der Waals surface area (Å²) in [6.45, 7) is 0. The Morgan fingerprint density at radius 3 is 0.667 bits per heavy atom. The Balaban J connectivity index is -0.000000720. The van der Waals surface area contributed by atoms with Crippen LogP contribution in [0.3, 0.4) is 0 Å². The monoisotopic (exact) mass is 331 g/mol. The van der Waals surface area contributed by atoms with Crippen LogP contribution in [-0.2, 0) is 44.9 Å². The van der Waals surface area contributed by atoms with Crippen LogP contribution in [0.25, 0.3) is 0 Å². The predicted molar refractivity (Wildman–Crippen MR) is 33.7 cm³/mol. The molecular weight excluding hydrogens is 331 g/mol. The Hall–Kier alpha value is -1.50. The minimum Gasteiger partial charge on any atom is 2.00 e. The summed E-state index contributed by atoms with van der Waals surface area (Å²) < 4.78 is 0. The van der Waals surface area contributed by atoms with E-state index in [9.17, 15) is 0 Å². The third-order valence-corrected chi connectivity index (χ3v) is 4.89. The molecule has 1 radical (unpaired) electrons. The van der Waals surface area contributed by atoms with Gasteiger partial charge in [0.05, 0.1) is 0 Å². The zero-order chi connectivity index (χ0) is 10.7. The summed E-state index contributed by atoms with van der Waals surface area (Å²) >= 11 is 0. The summed E-state index contributed by atoms with van der Waals surface area (Å²) in [4.78, 5) is 6.19. The van der Waals surface area contributed by atoms with Crippen molar-refractivity contribution in [2.24, 2.45) is 0 Å². The SMILES string of the molecule is N#[C][Fe-4]([C]#N)([C]#N)([C]#N)([C]#N)[C]#N.[Cu+2].[Fe+2]. The van der Waals surface area contributed by atoms with Gasteiger partial charge >= 0.3 is 106 Å². The van der Waals surface area contributed by atoms with E-state index >= 15 is 0 Å². The molecule has 0 aliphatic heterocycles. The predicted octanol–water partition coefficient (Wildman–Crippen LogP) is 0.0932. The number of rotatable bonds is 0. The van der Waals surface area contributed by atoms with Crippen molar-refractivity contribution in [2.75, 3.05) is 0 Å².